The molecule has 1 aromatic heterocycles. The number of hydrogen-bond acceptors (Lipinski definition) is 4. The van der Waals surface area contributed by atoms with E-state index in [9.17, 15) is 4.39 Å². The third-order valence-electron chi connectivity index (χ3n) is 3.62. The van der Waals surface area contributed by atoms with Crippen molar-refractivity contribution in [1.29, 1.82) is 0 Å². The van der Waals surface area contributed by atoms with Crippen LogP contribution in [0.15, 0.2) is 24.5 Å². The maximum absolute atomic E-state index is 13.8. The fourth-order valence-corrected chi connectivity index (χ4v) is 2.54. The molecule has 100 valence electrons. The van der Waals surface area contributed by atoms with Gasteiger partial charge >= 0.3 is 0 Å². The van der Waals surface area contributed by atoms with Crippen LogP contribution >= 0.6 is 0 Å². The lowest BCUT2D eigenvalue weighted by atomic mass is 10.1. The molecule has 1 aromatic carbocycles. The van der Waals surface area contributed by atoms with Crippen LogP contribution in [0.4, 0.5) is 10.1 Å². The number of aromatic nitrogens is 4. The molecule has 0 atom stereocenters. The summed E-state index contributed by atoms with van der Waals surface area (Å²) in [5.41, 5.74) is 1.26. The molecular formula is C13H16FN5. The summed E-state index contributed by atoms with van der Waals surface area (Å²) >= 11 is 0. The van der Waals surface area contributed by atoms with E-state index in [1.54, 1.807) is 12.1 Å². The summed E-state index contributed by atoms with van der Waals surface area (Å²) in [5, 5.41) is 14.2. The number of halogens is 1. The van der Waals surface area contributed by atoms with E-state index in [2.05, 4.69) is 20.8 Å². The standard InChI is InChI=1S/C13H16FN5/c14-12-6-5-11(19-9-16-17-18-19)7-13(12)15-8-10-3-1-2-4-10/h5-7,9-10,15H,1-4,8H2. The number of rotatable bonds is 4. The van der Waals surface area contributed by atoms with E-state index in [1.807, 2.05) is 0 Å². The molecule has 0 spiro atoms. The molecule has 3 rings (SSSR count). The third kappa shape index (κ3) is 2.72. The molecule has 1 aliphatic carbocycles. The van der Waals surface area contributed by atoms with Crippen LogP contribution in [0, 0.1) is 11.7 Å². The Labute approximate surface area is 110 Å². The normalized spacial score (nSPS) is 15.8. The zero-order valence-electron chi connectivity index (χ0n) is 10.6. The molecular weight excluding hydrogens is 245 g/mol. The van der Waals surface area contributed by atoms with Gasteiger partial charge in [-0.05, 0) is 47.4 Å². The van der Waals surface area contributed by atoms with Crippen LogP contribution in [-0.4, -0.2) is 26.8 Å². The van der Waals surface area contributed by atoms with Crippen molar-refractivity contribution in [1.82, 2.24) is 20.2 Å². The highest BCUT2D eigenvalue weighted by molar-refractivity contribution is 5.52. The number of nitrogens with zero attached hydrogens (tertiary/aromatic N) is 4. The van der Waals surface area contributed by atoms with E-state index in [1.165, 1.54) is 42.8 Å². The van der Waals surface area contributed by atoms with Crippen molar-refractivity contribution in [2.75, 3.05) is 11.9 Å². The molecule has 0 unspecified atom stereocenters. The van der Waals surface area contributed by atoms with Gasteiger partial charge in [-0.15, -0.1) is 5.10 Å². The minimum atomic E-state index is -0.241. The maximum atomic E-state index is 13.8. The molecule has 19 heavy (non-hydrogen) atoms. The summed E-state index contributed by atoms with van der Waals surface area (Å²) in [6.07, 6.45) is 6.55. The molecule has 6 heteroatoms. The first kappa shape index (κ1) is 12.1. The Bertz CT molecular complexity index is 534. The van der Waals surface area contributed by atoms with Crippen LogP contribution < -0.4 is 5.32 Å². The lowest BCUT2D eigenvalue weighted by Crippen LogP contribution is -2.12. The molecule has 2 aromatic rings. The van der Waals surface area contributed by atoms with Gasteiger partial charge in [-0.1, -0.05) is 12.8 Å². The van der Waals surface area contributed by atoms with Crippen molar-refractivity contribution in [2.24, 2.45) is 5.92 Å². The first-order chi connectivity index (χ1) is 9.33. The molecule has 0 bridgehead atoms. The second kappa shape index (κ2) is 5.34. The lowest BCUT2D eigenvalue weighted by molar-refractivity contribution is 0.573. The number of tetrazole rings is 1. The molecule has 1 saturated carbocycles. The average molecular weight is 261 g/mol. The van der Waals surface area contributed by atoms with E-state index in [0.717, 1.165) is 12.2 Å². The highest BCUT2D eigenvalue weighted by Crippen LogP contribution is 2.26. The van der Waals surface area contributed by atoms with Gasteiger partial charge in [-0.3, -0.25) is 0 Å². The molecule has 1 heterocycles. The van der Waals surface area contributed by atoms with Crippen molar-refractivity contribution < 1.29 is 4.39 Å². The smallest absolute Gasteiger partial charge is 0.146 e. The minimum Gasteiger partial charge on any atom is -0.382 e. The van der Waals surface area contributed by atoms with Gasteiger partial charge in [0.2, 0.25) is 0 Å². The van der Waals surface area contributed by atoms with Crippen molar-refractivity contribution >= 4 is 5.69 Å². The molecule has 5 nitrogen and oxygen atoms in total. The third-order valence-corrected chi connectivity index (χ3v) is 3.62. The topological polar surface area (TPSA) is 55.6 Å². The summed E-state index contributed by atoms with van der Waals surface area (Å²) in [5.74, 6) is 0.422. The molecule has 1 aliphatic rings. The summed E-state index contributed by atoms with van der Waals surface area (Å²) in [4.78, 5) is 0. The number of hydrogen-bond donors (Lipinski definition) is 1. The van der Waals surface area contributed by atoms with Crippen molar-refractivity contribution in [3.05, 3.63) is 30.3 Å². The zero-order valence-corrected chi connectivity index (χ0v) is 10.6. The number of anilines is 1. The van der Waals surface area contributed by atoms with Gasteiger partial charge in [0.25, 0.3) is 0 Å². The number of benzene rings is 1. The largest absolute Gasteiger partial charge is 0.382 e. The predicted molar refractivity (Wildman–Crippen MR) is 69.6 cm³/mol. The lowest BCUT2D eigenvalue weighted by Gasteiger charge is -2.13. The molecule has 0 saturated heterocycles. The van der Waals surface area contributed by atoms with Crippen LogP contribution in [0.2, 0.25) is 0 Å². The Morgan fingerprint density at radius 2 is 2.16 bits per heavy atom. The van der Waals surface area contributed by atoms with Gasteiger partial charge in [0.1, 0.15) is 12.1 Å². The van der Waals surface area contributed by atoms with Crippen LogP contribution in [0.5, 0.6) is 0 Å². The minimum absolute atomic E-state index is 0.241. The van der Waals surface area contributed by atoms with Gasteiger partial charge in [-0.2, -0.15) is 0 Å². The summed E-state index contributed by atoms with van der Waals surface area (Å²) < 4.78 is 15.3. The predicted octanol–water partition coefficient (Wildman–Crippen LogP) is 2.40. The average Bonchev–Trinajstić information content (AvgIpc) is 3.11. The van der Waals surface area contributed by atoms with Crippen LogP contribution in [0.1, 0.15) is 25.7 Å². The van der Waals surface area contributed by atoms with Gasteiger partial charge in [0.15, 0.2) is 0 Å². The molecule has 1 fully saturated rings. The Balaban J connectivity index is 1.74. The van der Waals surface area contributed by atoms with E-state index >= 15 is 0 Å². The van der Waals surface area contributed by atoms with Crippen LogP contribution in [0.3, 0.4) is 0 Å². The summed E-state index contributed by atoms with van der Waals surface area (Å²) in [6, 6.07) is 4.83. The first-order valence-corrected chi connectivity index (χ1v) is 6.60. The van der Waals surface area contributed by atoms with E-state index in [4.69, 9.17) is 0 Å². The molecule has 0 amide bonds. The van der Waals surface area contributed by atoms with Crippen molar-refractivity contribution in [3.63, 3.8) is 0 Å². The van der Waals surface area contributed by atoms with Gasteiger partial charge in [0.05, 0.1) is 11.4 Å². The zero-order chi connectivity index (χ0) is 13.1. The second-order valence-corrected chi connectivity index (χ2v) is 4.95. The van der Waals surface area contributed by atoms with Gasteiger partial charge in [0, 0.05) is 6.54 Å². The van der Waals surface area contributed by atoms with E-state index in [-0.39, 0.29) is 5.82 Å². The summed E-state index contributed by atoms with van der Waals surface area (Å²) in [7, 11) is 0. The van der Waals surface area contributed by atoms with Crippen molar-refractivity contribution in [2.45, 2.75) is 25.7 Å². The fourth-order valence-electron chi connectivity index (χ4n) is 2.54. The molecule has 1 N–H and O–H groups in total. The molecule has 0 aliphatic heterocycles. The fraction of sp³-hybridized carbons (Fsp3) is 0.462. The maximum Gasteiger partial charge on any atom is 0.146 e. The van der Waals surface area contributed by atoms with Gasteiger partial charge < -0.3 is 5.32 Å². The Morgan fingerprint density at radius 3 is 2.89 bits per heavy atom. The van der Waals surface area contributed by atoms with Crippen LogP contribution in [0.25, 0.3) is 5.69 Å². The highest BCUT2D eigenvalue weighted by Gasteiger charge is 2.15. The highest BCUT2D eigenvalue weighted by atomic mass is 19.1. The Kier molecular flexibility index (Phi) is 3.39. The van der Waals surface area contributed by atoms with Crippen LogP contribution in [-0.2, 0) is 0 Å². The monoisotopic (exact) mass is 261 g/mol. The quantitative estimate of drug-likeness (QED) is 0.918. The number of nitrogens with one attached hydrogen (secondary N) is 1. The Morgan fingerprint density at radius 1 is 1.32 bits per heavy atom. The summed E-state index contributed by atoms with van der Waals surface area (Å²) in [6.45, 7) is 0.829. The molecule has 0 radical (unpaired) electrons. The second-order valence-electron chi connectivity index (χ2n) is 4.95. The first-order valence-electron chi connectivity index (χ1n) is 6.60. The SMILES string of the molecule is Fc1ccc(-n2cnnn2)cc1NCC1CCCC1. The van der Waals surface area contributed by atoms with Crippen molar-refractivity contribution in [3.8, 4) is 5.69 Å². The van der Waals surface area contributed by atoms with Gasteiger partial charge in [-0.25, -0.2) is 9.07 Å². The van der Waals surface area contributed by atoms with E-state index < -0.39 is 0 Å². The van der Waals surface area contributed by atoms with E-state index in [0.29, 0.717) is 11.6 Å². The Hall–Kier alpha value is -1.98.